The summed E-state index contributed by atoms with van der Waals surface area (Å²) in [6, 6.07) is 17.2. The van der Waals surface area contributed by atoms with Gasteiger partial charge in [-0.1, -0.05) is 12.5 Å². The van der Waals surface area contributed by atoms with Crippen LogP contribution in [0.5, 0.6) is 0 Å². The molecule has 182 valence electrons. The summed E-state index contributed by atoms with van der Waals surface area (Å²) in [5, 5.41) is 17.5. The van der Waals surface area contributed by atoms with Crippen LogP contribution in [-0.4, -0.2) is 47.0 Å². The van der Waals surface area contributed by atoms with E-state index in [-0.39, 0.29) is 11.6 Å². The minimum atomic E-state index is -0.526. The first kappa shape index (κ1) is 23.7. The van der Waals surface area contributed by atoms with E-state index in [1.165, 1.54) is 30.7 Å². The highest BCUT2D eigenvalue weighted by Crippen LogP contribution is 2.30. The molecule has 2 heterocycles. The molecule has 1 aromatic heterocycles. The fourth-order valence-corrected chi connectivity index (χ4v) is 5.93. The quantitative estimate of drug-likeness (QED) is 0.504. The molecule has 0 bridgehead atoms. The predicted octanol–water partition coefficient (Wildman–Crippen LogP) is 5.03. The third-order valence-electron chi connectivity index (χ3n) is 6.96. The van der Waals surface area contributed by atoms with Gasteiger partial charge in [-0.05, 0) is 61.6 Å². The Balaban J connectivity index is 1.43. The van der Waals surface area contributed by atoms with Crippen LogP contribution >= 0.6 is 11.8 Å². The summed E-state index contributed by atoms with van der Waals surface area (Å²) in [5.74, 6) is 3.05. The van der Waals surface area contributed by atoms with Crippen LogP contribution in [0.3, 0.4) is 0 Å². The second kappa shape index (κ2) is 10.7. The Bertz CT molecular complexity index is 1200. The molecule has 8 heteroatoms. The van der Waals surface area contributed by atoms with Crippen molar-refractivity contribution in [2.75, 3.05) is 41.4 Å². The van der Waals surface area contributed by atoms with E-state index in [4.69, 9.17) is 16.1 Å². The standard InChI is InChI=1S/C27H31FN6S/c28-25-15-20(4-5-21(25)17-29)26-16-27(31-18-19-2-1-3-22(30)14-19)32-34(26)24-8-6-23(7-9-24)33-10-12-35-13-11-33/h4-9,15-16,19,22H,1-3,10-14,18,30H2,(H,31,32)/t19-,22-/m0/s1. The lowest BCUT2D eigenvalue weighted by atomic mass is 9.86. The topological polar surface area (TPSA) is 82.9 Å². The van der Waals surface area contributed by atoms with Gasteiger partial charge in [0.25, 0.3) is 0 Å². The number of nitrogens with one attached hydrogen (secondary N) is 1. The molecule has 0 unspecified atom stereocenters. The van der Waals surface area contributed by atoms with Gasteiger partial charge in [0.1, 0.15) is 17.7 Å². The minimum Gasteiger partial charge on any atom is -0.370 e. The highest BCUT2D eigenvalue weighted by molar-refractivity contribution is 7.99. The first-order chi connectivity index (χ1) is 17.1. The second-order valence-electron chi connectivity index (χ2n) is 9.42. The van der Waals surface area contributed by atoms with E-state index in [9.17, 15) is 4.39 Å². The fourth-order valence-electron chi connectivity index (χ4n) is 5.03. The lowest BCUT2D eigenvalue weighted by molar-refractivity contribution is 0.335. The number of thioether (sulfide) groups is 1. The van der Waals surface area contributed by atoms with Crippen molar-refractivity contribution >= 4 is 23.3 Å². The van der Waals surface area contributed by atoms with Gasteiger partial charge in [-0.25, -0.2) is 9.07 Å². The molecule has 0 spiro atoms. The first-order valence-corrected chi connectivity index (χ1v) is 13.5. The number of hydrogen-bond acceptors (Lipinski definition) is 6. The largest absolute Gasteiger partial charge is 0.370 e. The molecule has 1 saturated heterocycles. The Morgan fingerprint density at radius 3 is 2.57 bits per heavy atom. The van der Waals surface area contributed by atoms with Crippen LogP contribution in [0.1, 0.15) is 31.2 Å². The van der Waals surface area contributed by atoms with Crippen LogP contribution in [0.25, 0.3) is 16.9 Å². The summed E-state index contributed by atoms with van der Waals surface area (Å²) < 4.78 is 16.3. The summed E-state index contributed by atoms with van der Waals surface area (Å²) in [4.78, 5) is 2.40. The third kappa shape index (κ3) is 5.47. The van der Waals surface area contributed by atoms with Crippen LogP contribution in [0, 0.1) is 23.1 Å². The average Bonchev–Trinajstić information content (AvgIpc) is 3.32. The van der Waals surface area contributed by atoms with E-state index in [0.29, 0.717) is 11.5 Å². The molecule has 2 aliphatic rings. The molecular weight excluding hydrogens is 459 g/mol. The first-order valence-electron chi connectivity index (χ1n) is 12.3. The summed E-state index contributed by atoms with van der Waals surface area (Å²) >= 11 is 1.99. The van der Waals surface area contributed by atoms with Gasteiger partial charge in [0.2, 0.25) is 0 Å². The molecule has 1 saturated carbocycles. The number of anilines is 2. The van der Waals surface area contributed by atoms with E-state index in [1.807, 2.05) is 28.6 Å². The Morgan fingerprint density at radius 1 is 1.09 bits per heavy atom. The van der Waals surface area contributed by atoms with E-state index >= 15 is 0 Å². The number of benzene rings is 2. The van der Waals surface area contributed by atoms with Crippen molar-refractivity contribution in [1.29, 1.82) is 5.26 Å². The van der Waals surface area contributed by atoms with E-state index in [2.05, 4.69) is 34.5 Å². The van der Waals surface area contributed by atoms with Crippen molar-refractivity contribution < 1.29 is 4.39 Å². The molecule has 2 aromatic carbocycles. The average molecular weight is 491 g/mol. The maximum absolute atomic E-state index is 14.5. The molecule has 1 aliphatic carbocycles. The lowest BCUT2D eigenvalue weighted by Crippen LogP contribution is -2.32. The third-order valence-corrected chi connectivity index (χ3v) is 7.90. The van der Waals surface area contributed by atoms with Gasteiger partial charge in [-0.15, -0.1) is 5.10 Å². The van der Waals surface area contributed by atoms with Gasteiger partial charge < -0.3 is 16.0 Å². The molecule has 5 rings (SSSR count). The molecule has 6 nitrogen and oxygen atoms in total. The molecule has 0 amide bonds. The maximum atomic E-state index is 14.5. The normalized spacial score (nSPS) is 20.4. The monoisotopic (exact) mass is 490 g/mol. The minimum absolute atomic E-state index is 0.0378. The van der Waals surface area contributed by atoms with Crippen molar-refractivity contribution in [3.8, 4) is 23.0 Å². The predicted molar refractivity (Wildman–Crippen MR) is 142 cm³/mol. The molecule has 0 radical (unpaired) electrons. The Labute approximate surface area is 210 Å². The van der Waals surface area contributed by atoms with Gasteiger partial charge >= 0.3 is 0 Å². The zero-order chi connectivity index (χ0) is 24.2. The van der Waals surface area contributed by atoms with Gasteiger partial charge in [0.15, 0.2) is 0 Å². The maximum Gasteiger partial charge on any atom is 0.149 e. The van der Waals surface area contributed by atoms with Crippen LogP contribution in [0.4, 0.5) is 15.9 Å². The summed E-state index contributed by atoms with van der Waals surface area (Å²) in [7, 11) is 0. The number of rotatable bonds is 6. The Morgan fingerprint density at radius 2 is 1.86 bits per heavy atom. The highest BCUT2D eigenvalue weighted by atomic mass is 32.2. The molecule has 3 N–H and O–H groups in total. The van der Waals surface area contributed by atoms with Crippen LogP contribution in [-0.2, 0) is 0 Å². The second-order valence-corrected chi connectivity index (χ2v) is 10.6. The Kier molecular flexibility index (Phi) is 7.26. The van der Waals surface area contributed by atoms with Crippen molar-refractivity contribution in [2.45, 2.75) is 31.7 Å². The number of hydrogen-bond donors (Lipinski definition) is 2. The van der Waals surface area contributed by atoms with E-state index < -0.39 is 5.82 Å². The SMILES string of the molecule is N#Cc1ccc(-c2cc(NC[C@H]3CCC[C@H](N)C3)nn2-c2ccc(N3CCSCC3)cc2)cc1F. The highest BCUT2D eigenvalue weighted by Gasteiger charge is 2.20. The van der Waals surface area contributed by atoms with Crippen molar-refractivity contribution in [1.82, 2.24) is 9.78 Å². The number of nitrogens with zero attached hydrogens (tertiary/aromatic N) is 4. The lowest BCUT2D eigenvalue weighted by Gasteiger charge is -2.28. The van der Waals surface area contributed by atoms with Crippen molar-refractivity contribution in [3.05, 3.63) is 59.9 Å². The van der Waals surface area contributed by atoms with E-state index in [1.54, 1.807) is 6.07 Å². The summed E-state index contributed by atoms with van der Waals surface area (Å²) in [6.07, 6.45) is 4.47. The number of nitriles is 1. The van der Waals surface area contributed by atoms with E-state index in [0.717, 1.165) is 61.2 Å². The number of aromatic nitrogens is 2. The van der Waals surface area contributed by atoms with Gasteiger partial charge in [-0.2, -0.15) is 17.0 Å². The zero-order valence-corrected chi connectivity index (χ0v) is 20.6. The van der Waals surface area contributed by atoms with Gasteiger partial charge in [0, 0.05) is 54.5 Å². The molecule has 2 atom stereocenters. The summed E-state index contributed by atoms with van der Waals surface area (Å²) in [5.41, 5.74) is 9.78. The molecule has 2 fully saturated rings. The summed E-state index contributed by atoms with van der Waals surface area (Å²) in [6.45, 7) is 2.93. The smallest absolute Gasteiger partial charge is 0.149 e. The van der Waals surface area contributed by atoms with Crippen LogP contribution < -0.4 is 16.0 Å². The van der Waals surface area contributed by atoms with Gasteiger partial charge in [0.05, 0.1) is 16.9 Å². The van der Waals surface area contributed by atoms with Gasteiger partial charge in [-0.3, -0.25) is 0 Å². The van der Waals surface area contributed by atoms with Crippen molar-refractivity contribution in [3.63, 3.8) is 0 Å². The fraction of sp³-hybridized carbons (Fsp3) is 0.407. The molecule has 3 aromatic rings. The number of halogens is 1. The molecule has 35 heavy (non-hydrogen) atoms. The Hall–Kier alpha value is -3.02. The number of nitrogens with two attached hydrogens (primary N) is 1. The van der Waals surface area contributed by atoms with Crippen LogP contribution in [0.2, 0.25) is 0 Å². The van der Waals surface area contributed by atoms with Crippen LogP contribution in [0.15, 0.2) is 48.5 Å². The van der Waals surface area contributed by atoms with Crippen molar-refractivity contribution in [2.24, 2.45) is 11.7 Å². The molecular formula is C27H31FN6S. The zero-order valence-electron chi connectivity index (χ0n) is 19.8. The molecule has 1 aliphatic heterocycles.